The number of carbonyl (C=O) groups excluding carboxylic acids is 3. The van der Waals surface area contributed by atoms with Crippen LogP contribution in [0.3, 0.4) is 0 Å². The molecule has 6 fully saturated rings. The molecule has 12 nitrogen and oxygen atoms in total. The van der Waals surface area contributed by atoms with Gasteiger partial charge in [0.1, 0.15) is 5.52 Å². The number of pyridine rings is 1. The molecule has 59 heavy (non-hydrogen) atoms. The van der Waals surface area contributed by atoms with Gasteiger partial charge in [-0.25, -0.2) is 9.97 Å². The fraction of sp³-hybridized carbons (Fsp3) is 0.681. The molecule has 0 radical (unpaired) electrons. The fourth-order valence-corrected chi connectivity index (χ4v) is 11.5. The Morgan fingerprint density at radius 3 is 2.29 bits per heavy atom. The van der Waals surface area contributed by atoms with E-state index in [0.29, 0.717) is 76.3 Å². The highest BCUT2D eigenvalue weighted by atomic mass is 16.2. The molecular formula is C47H65N9O3. The molecule has 316 valence electrons. The quantitative estimate of drug-likeness (QED) is 0.252. The highest BCUT2D eigenvalue weighted by molar-refractivity contribution is 6.09. The number of imidazole rings is 1. The molecule has 12 heteroatoms. The van der Waals surface area contributed by atoms with Gasteiger partial charge in [0.2, 0.25) is 17.7 Å². The Labute approximate surface area is 349 Å². The maximum atomic E-state index is 15.1. The van der Waals surface area contributed by atoms with Crippen LogP contribution in [0.25, 0.3) is 22.3 Å². The van der Waals surface area contributed by atoms with Crippen LogP contribution >= 0.6 is 0 Å². The van der Waals surface area contributed by atoms with Crippen LogP contribution in [0.5, 0.6) is 0 Å². The smallest absolute Gasteiger partial charge is 0.238 e. The molecule has 10 rings (SSSR count). The number of carbonyl (C=O) groups is 3. The Balaban J connectivity index is 0.892. The molecule has 0 bridgehead atoms. The molecular weight excluding hydrogens is 739 g/mol. The number of fused-ring (bicyclic) bond motifs is 3. The molecule has 4 saturated heterocycles. The Bertz CT molecular complexity index is 2070. The maximum Gasteiger partial charge on any atom is 0.238 e. The summed E-state index contributed by atoms with van der Waals surface area (Å²) in [7, 11) is 0. The summed E-state index contributed by atoms with van der Waals surface area (Å²) in [4.78, 5) is 61.7. The average molecular weight is 804 g/mol. The van der Waals surface area contributed by atoms with Crippen molar-refractivity contribution in [1.29, 1.82) is 0 Å². The molecule has 7 heterocycles. The Kier molecular flexibility index (Phi) is 10.3. The molecule has 7 aliphatic rings. The number of hydrogen-bond donors (Lipinski definition) is 2. The third-order valence-electron chi connectivity index (χ3n) is 15.6. The number of anilines is 2. The fourth-order valence-electron chi connectivity index (χ4n) is 11.5. The topological polar surface area (TPSA) is 119 Å². The minimum atomic E-state index is -0.641. The first-order chi connectivity index (χ1) is 28.6. The number of aromatic nitrogens is 3. The van der Waals surface area contributed by atoms with E-state index in [1.807, 2.05) is 16.1 Å². The van der Waals surface area contributed by atoms with Crippen LogP contribution < -0.4 is 15.5 Å². The number of nitrogens with one attached hydrogen (secondary N) is 2. The molecule has 0 unspecified atom stereocenters. The SMILES string of the molecule is CC(C)n1cnc2cc(-c3ccc4c(c3)N(C3CC(N5CCCCC5)C3)C(=O)C43CCN(C(=O)C4(C)CCN(C(=O)CC5CCNCC5)CC4)CC3)nc(NC3CC3)c21. The second kappa shape index (κ2) is 15.5. The standard InChI is InChI=1S/C47H65N9O3/c1-31(2)55-30-49-39-29-38(51-43(42(39)55)50-34-8-9-34)33-7-10-37-40(26-33)56(36-27-35(28-36)52-19-5-4-6-20-52)45(59)47(37)15-23-54(24-16-47)44(58)46(3)13-21-53(22-14-46)41(57)25-32-11-17-48-18-12-32/h7,10,26,29-32,34-36,48H,4-6,8-9,11-25,27-28H2,1-3H3,(H,50,51). The van der Waals surface area contributed by atoms with Crippen molar-refractivity contribution in [3.63, 3.8) is 0 Å². The molecule has 3 amide bonds. The molecule has 3 aromatic rings. The van der Waals surface area contributed by atoms with Crippen molar-refractivity contribution in [3.05, 3.63) is 36.2 Å². The van der Waals surface area contributed by atoms with E-state index in [4.69, 9.17) is 9.97 Å². The first-order valence-electron chi connectivity index (χ1n) is 23.2. The molecule has 2 aromatic heterocycles. The number of rotatable bonds is 9. The lowest BCUT2D eigenvalue weighted by Crippen LogP contribution is -2.59. The van der Waals surface area contributed by atoms with Gasteiger partial charge in [0.25, 0.3) is 0 Å². The van der Waals surface area contributed by atoms with Crippen molar-refractivity contribution in [2.45, 2.75) is 140 Å². The molecule has 2 saturated carbocycles. The van der Waals surface area contributed by atoms with Gasteiger partial charge in [-0.1, -0.05) is 25.5 Å². The van der Waals surface area contributed by atoms with Crippen LogP contribution in [0.1, 0.15) is 122 Å². The molecule has 5 aliphatic heterocycles. The second-order valence-corrected chi connectivity index (χ2v) is 19.9. The predicted octanol–water partition coefficient (Wildman–Crippen LogP) is 6.50. The van der Waals surface area contributed by atoms with Gasteiger partial charge in [-0.05, 0) is 141 Å². The number of benzene rings is 1. The van der Waals surface area contributed by atoms with Gasteiger partial charge in [0.05, 0.1) is 23.0 Å². The first-order valence-corrected chi connectivity index (χ1v) is 23.2. The van der Waals surface area contributed by atoms with E-state index in [0.717, 1.165) is 91.0 Å². The van der Waals surface area contributed by atoms with Crippen molar-refractivity contribution >= 4 is 40.3 Å². The van der Waals surface area contributed by atoms with E-state index in [-0.39, 0.29) is 29.8 Å². The zero-order valence-electron chi connectivity index (χ0n) is 35.7. The normalized spacial score (nSPS) is 26.1. The van der Waals surface area contributed by atoms with Crippen LogP contribution in [0.4, 0.5) is 11.5 Å². The lowest BCUT2D eigenvalue weighted by Gasteiger charge is -2.48. The maximum absolute atomic E-state index is 15.1. The highest BCUT2D eigenvalue weighted by Gasteiger charge is 2.56. The van der Waals surface area contributed by atoms with Crippen LogP contribution in [-0.2, 0) is 19.8 Å². The Morgan fingerprint density at radius 1 is 0.881 bits per heavy atom. The summed E-state index contributed by atoms with van der Waals surface area (Å²) in [6.07, 6.45) is 15.5. The lowest BCUT2D eigenvalue weighted by molar-refractivity contribution is -0.149. The second-order valence-electron chi connectivity index (χ2n) is 19.9. The Hall–Kier alpha value is -4.03. The number of hydrogen-bond acceptors (Lipinski definition) is 8. The summed E-state index contributed by atoms with van der Waals surface area (Å²) in [5, 5.41) is 7.10. The number of nitrogens with zero attached hydrogens (tertiary/aromatic N) is 7. The van der Waals surface area contributed by atoms with E-state index < -0.39 is 10.8 Å². The number of piperidine rings is 4. The van der Waals surface area contributed by atoms with Gasteiger partial charge in [0, 0.05) is 73.4 Å². The van der Waals surface area contributed by atoms with Crippen molar-refractivity contribution in [2.75, 3.05) is 62.6 Å². The summed E-state index contributed by atoms with van der Waals surface area (Å²) in [5.41, 5.74) is 4.88. The van der Waals surface area contributed by atoms with Gasteiger partial charge in [-0.3, -0.25) is 14.4 Å². The van der Waals surface area contributed by atoms with E-state index in [1.54, 1.807) is 0 Å². The van der Waals surface area contributed by atoms with Crippen LogP contribution in [0.15, 0.2) is 30.6 Å². The van der Waals surface area contributed by atoms with Gasteiger partial charge in [-0.2, -0.15) is 0 Å². The molecule has 1 aromatic carbocycles. The van der Waals surface area contributed by atoms with Crippen molar-refractivity contribution in [1.82, 2.24) is 34.6 Å². The molecule has 2 aliphatic carbocycles. The third-order valence-corrected chi connectivity index (χ3v) is 15.6. The highest BCUT2D eigenvalue weighted by Crippen LogP contribution is 2.53. The average Bonchev–Trinajstić information content (AvgIpc) is 3.90. The minimum absolute atomic E-state index is 0.174. The van der Waals surface area contributed by atoms with E-state index in [2.05, 4.69) is 70.0 Å². The van der Waals surface area contributed by atoms with E-state index in [9.17, 15) is 9.59 Å². The summed E-state index contributed by atoms with van der Waals surface area (Å²) in [5.74, 6) is 2.02. The van der Waals surface area contributed by atoms with Crippen LogP contribution in [0, 0.1) is 11.3 Å². The van der Waals surface area contributed by atoms with E-state index >= 15 is 4.79 Å². The van der Waals surface area contributed by atoms with Crippen LogP contribution in [-0.4, -0.2) is 117 Å². The van der Waals surface area contributed by atoms with Crippen molar-refractivity contribution in [2.24, 2.45) is 11.3 Å². The van der Waals surface area contributed by atoms with Gasteiger partial charge < -0.3 is 34.8 Å². The van der Waals surface area contributed by atoms with E-state index in [1.165, 1.54) is 32.4 Å². The zero-order chi connectivity index (χ0) is 40.5. The monoisotopic (exact) mass is 804 g/mol. The number of amides is 3. The minimum Gasteiger partial charge on any atom is -0.366 e. The van der Waals surface area contributed by atoms with Crippen LogP contribution in [0.2, 0.25) is 0 Å². The number of likely N-dealkylation sites (tertiary alicyclic amines) is 3. The molecule has 2 N–H and O–H groups in total. The van der Waals surface area contributed by atoms with Crippen molar-refractivity contribution < 1.29 is 14.4 Å². The summed E-state index contributed by atoms with van der Waals surface area (Å²) < 4.78 is 2.21. The summed E-state index contributed by atoms with van der Waals surface area (Å²) in [6.45, 7) is 13.2. The predicted molar refractivity (Wildman–Crippen MR) is 231 cm³/mol. The zero-order valence-corrected chi connectivity index (χ0v) is 35.7. The largest absolute Gasteiger partial charge is 0.366 e. The summed E-state index contributed by atoms with van der Waals surface area (Å²) >= 11 is 0. The van der Waals surface area contributed by atoms with Crippen molar-refractivity contribution in [3.8, 4) is 11.3 Å². The lowest BCUT2D eigenvalue weighted by atomic mass is 9.72. The summed E-state index contributed by atoms with van der Waals surface area (Å²) in [6, 6.07) is 10.2. The Morgan fingerprint density at radius 2 is 1.59 bits per heavy atom. The first kappa shape index (κ1) is 39.1. The van der Waals surface area contributed by atoms with Gasteiger partial charge in [0.15, 0.2) is 5.82 Å². The molecule has 0 atom stereocenters. The van der Waals surface area contributed by atoms with Gasteiger partial charge in [-0.15, -0.1) is 0 Å². The molecule has 1 spiro atoms. The third kappa shape index (κ3) is 7.13. The van der Waals surface area contributed by atoms with Gasteiger partial charge >= 0.3 is 0 Å².